The van der Waals surface area contributed by atoms with Gasteiger partial charge in [-0.1, -0.05) is 15.9 Å². The van der Waals surface area contributed by atoms with E-state index in [1.807, 2.05) is 6.26 Å². The lowest BCUT2D eigenvalue weighted by Crippen LogP contribution is -2.41. The Kier molecular flexibility index (Phi) is 6.80. The van der Waals surface area contributed by atoms with E-state index in [1.165, 1.54) is 24.9 Å². The normalized spacial score (nSPS) is 14.8. The van der Waals surface area contributed by atoms with Gasteiger partial charge in [0.15, 0.2) is 0 Å². The highest BCUT2D eigenvalue weighted by atomic mass is 79.9. The maximum atomic E-state index is 12.4. The first-order valence-corrected chi connectivity index (χ1v) is 9.41. The summed E-state index contributed by atoms with van der Waals surface area (Å²) in [6.45, 7) is 1.62. The van der Waals surface area contributed by atoms with Gasteiger partial charge in [-0.05, 0) is 31.4 Å². The van der Waals surface area contributed by atoms with Crippen molar-refractivity contribution >= 4 is 37.7 Å². The molecule has 0 aliphatic rings. The highest BCUT2D eigenvalue weighted by molar-refractivity contribution is 9.10. The van der Waals surface area contributed by atoms with Gasteiger partial charge in [-0.15, -0.1) is 0 Å². The van der Waals surface area contributed by atoms with Gasteiger partial charge in [0, 0.05) is 15.8 Å². The van der Waals surface area contributed by atoms with Crippen LogP contribution in [0.3, 0.4) is 0 Å². The fourth-order valence-electron chi connectivity index (χ4n) is 1.68. The monoisotopic (exact) mass is 383 g/mol. The molecule has 20 heavy (non-hydrogen) atoms. The fraction of sp³-hybridized carbons (Fsp3) is 0.500. The van der Waals surface area contributed by atoms with Gasteiger partial charge in [0.25, 0.3) is 0 Å². The quantitative estimate of drug-likeness (QED) is 0.751. The van der Waals surface area contributed by atoms with Gasteiger partial charge in [-0.2, -0.15) is 11.8 Å². The number of halogens is 1. The molecule has 0 fully saturated rings. The SMILES string of the molecule is COc1ccc(Br)cc1S(=O)(=O)NC(C)C(CO)SC. The van der Waals surface area contributed by atoms with Crippen molar-refractivity contribution in [3.8, 4) is 5.75 Å². The smallest absolute Gasteiger partial charge is 0.244 e. The molecule has 0 aliphatic carbocycles. The Morgan fingerprint density at radius 1 is 1.50 bits per heavy atom. The van der Waals surface area contributed by atoms with Gasteiger partial charge in [0.1, 0.15) is 10.6 Å². The summed E-state index contributed by atoms with van der Waals surface area (Å²) in [4.78, 5) is 0.0685. The zero-order valence-corrected chi connectivity index (χ0v) is 14.7. The Hall–Kier alpha value is -0.280. The highest BCUT2D eigenvalue weighted by Crippen LogP contribution is 2.27. The van der Waals surface area contributed by atoms with Crippen molar-refractivity contribution < 1.29 is 18.3 Å². The predicted molar refractivity (Wildman–Crippen MR) is 84.9 cm³/mol. The Balaban J connectivity index is 3.08. The second-order valence-corrected chi connectivity index (χ2v) is 7.84. The number of nitrogens with one attached hydrogen (secondary N) is 1. The third kappa shape index (κ3) is 4.36. The molecule has 2 unspecified atom stereocenters. The maximum absolute atomic E-state index is 12.4. The summed E-state index contributed by atoms with van der Waals surface area (Å²) in [6, 6.07) is 4.38. The molecule has 0 aromatic heterocycles. The zero-order valence-electron chi connectivity index (χ0n) is 11.5. The topological polar surface area (TPSA) is 75.6 Å². The van der Waals surface area contributed by atoms with E-state index in [0.717, 1.165) is 0 Å². The van der Waals surface area contributed by atoms with E-state index in [1.54, 1.807) is 19.1 Å². The van der Waals surface area contributed by atoms with Crippen LogP contribution in [0.25, 0.3) is 0 Å². The molecular weight excluding hydrogens is 366 g/mol. The molecule has 114 valence electrons. The molecule has 2 N–H and O–H groups in total. The zero-order chi connectivity index (χ0) is 15.3. The number of methoxy groups -OCH3 is 1. The number of aliphatic hydroxyl groups is 1. The number of sulfonamides is 1. The van der Waals surface area contributed by atoms with E-state index in [4.69, 9.17) is 4.74 Å². The number of ether oxygens (including phenoxy) is 1. The van der Waals surface area contributed by atoms with Gasteiger partial charge < -0.3 is 9.84 Å². The predicted octanol–water partition coefficient (Wildman–Crippen LogP) is 1.85. The first-order chi connectivity index (χ1) is 9.35. The number of thioether (sulfide) groups is 1. The van der Waals surface area contributed by atoms with Crippen molar-refractivity contribution in [3.05, 3.63) is 22.7 Å². The first-order valence-electron chi connectivity index (χ1n) is 5.85. The molecule has 0 spiro atoms. The third-order valence-electron chi connectivity index (χ3n) is 2.80. The van der Waals surface area contributed by atoms with Crippen LogP contribution >= 0.6 is 27.7 Å². The fourth-order valence-corrected chi connectivity index (χ4v) is 4.38. The highest BCUT2D eigenvalue weighted by Gasteiger charge is 2.25. The third-order valence-corrected chi connectivity index (χ3v) is 6.03. The van der Waals surface area contributed by atoms with E-state index in [2.05, 4.69) is 20.7 Å². The molecule has 0 amide bonds. The van der Waals surface area contributed by atoms with E-state index in [-0.39, 0.29) is 22.5 Å². The summed E-state index contributed by atoms with van der Waals surface area (Å²) >= 11 is 4.66. The summed E-state index contributed by atoms with van der Waals surface area (Å²) < 4.78 is 33.1. The van der Waals surface area contributed by atoms with Crippen LogP contribution in [0.5, 0.6) is 5.75 Å². The van der Waals surface area contributed by atoms with Crippen LogP contribution in [0.1, 0.15) is 6.92 Å². The second-order valence-electron chi connectivity index (χ2n) is 4.16. The molecule has 0 heterocycles. The minimum atomic E-state index is -3.72. The molecule has 1 rings (SSSR count). The van der Waals surface area contributed by atoms with Crippen LogP contribution in [0.15, 0.2) is 27.6 Å². The van der Waals surface area contributed by atoms with Gasteiger partial charge >= 0.3 is 0 Å². The summed E-state index contributed by atoms with van der Waals surface area (Å²) in [5, 5.41) is 9.02. The summed E-state index contributed by atoms with van der Waals surface area (Å²) in [5.41, 5.74) is 0. The average Bonchev–Trinajstić information content (AvgIpc) is 2.39. The number of rotatable bonds is 7. The van der Waals surface area contributed by atoms with Gasteiger partial charge in [-0.3, -0.25) is 0 Å². The van der Waals surface area contributed by atoms with E-state index in [9.17, 15) is 13.5 Å². The number of hydrogen-bond acceptors (Lipinski definition) is 5. The molecule has 8 heteroatoms. The summed E-state index contributed by atoms with van der Waals surface area (Å²) in [5.74, 6) is 0.276. The second kappa shape index (κ2) is 7.65. The van der Waals surface area contributed by atoms with Crippen molar-refractivity contribution in [2.75, 3.05) is 20.0 Å². The number of hydrogen-bond donors (Lipinski definition) is 2. The molecule has 0 aliphatic heterocycles. The largest absolute Gasteiger partial charge is 0.495 e. The van der Waals surface area contributed by atoms with Crippen LogP contribution in [0, 0.1) is 0 Å². The van der Waals surface area contributed by atoms with Crippen molar-refractivity contribution in [2.24, 2.45) is 0 Å². The minimum absolute atomic E-state index is 0.0685. The van der Waals surface area contributed by atoms with Crippen LogP contribution in [-0.4, -0.2) is 44.8 Å². The molecular formula is C12H18BrNO4S2. The van der Waals surface area contributed by atoms with Crippen molar-refractivity contribution in [1.82, 2.24) is 4.72 Å². The molecule has 2 atom stereocenters. The van der Waals surface area contributed by atoms with Gasteiger partial charge in [0.2, 0.25) is 10.0 Å². The molecule has 5 nitrogen and oxygen atoms in total. The van der Waals surface area contributed by atoms with Crippen molar-refractivity contribution in [1.29, 1.82) is 0 Å². The Labute approximate surface area is 132 Å². The first kappa shape index (κ1) is 17.8. The molecule has 0 radical (unpaired) electrons. The lowest BCUT2D eigenvalue weighted by molar-refractivity contribution is 0.282. The molecule has 0 saturated heterocycles. The van der Waals surface area contributed by atoms with Crippen molar-refractivity contribution in [3.63, 3.8) is 0 Å². The molecule has 0 saturated carbocycles. The lowest BCUT2D eigenvalue weighted by atomic mass is 10.3. The van der Waals surface area contributed by atoms with Crippen molar-refractivity contribution in [2.45, 2.75) is 23.1 Å². The van der Waals surface area contributed by atoms with Gasteiger partial charge in [0.05, 0.1) is 13.7 Å². The summed E-state index contributed by atoms with van der Waals surface area (Å²) in [6.07, 6.45) is 1.82. The molecule has 0 bridgehead atoms. The van der Waals surface area contributed by atoms with Crippen LogP contribution in [-0.2, 0) is 10.0 Å². The van der Waals surface area contributed by atoms with Crippen LogP contribution in [0.4, 0.5) is 0 Å². The standard InChI is InChI=1S/C12H18BrNO4S2/c1-8(11(7-15)19-3)14-20(16,17)12-6-9(13)4-5-10(12)18-2/h4-6,8,11,14-15H,7H2,1-3H3. The minimum Gasteiger partial charge on any atom is -0.495 e. The lowest BCUT2D eigenvalue weighted by Gasteiger charge is -2.21. The molecule has 1 aromatic rings. The Morgan fingerprint density at radius 2 is 2.15 bits per heavy atom. The number of aliphatic hydroxyl groups excluding tert-OH is 1. The maximum Gasteiger partial charge on any atom is 0.244 e. The van der Waals surface area contributed by atoms with Gasteiger partial charge in [-0.25, -0.2) is 13.1 Å². The van der Waals surface area contributed by atoms with Crippen LogP contribution in [0.2, 0.25) is 0 Å². The van der Waals surface area contributed by atoms with E-state index < -0.39 is 16.1 Å². The average molecular weight is 384 g/mol. The van der Waals surface area contributed by atoms with Crippen LogP contribution < -0.4 is 9.46 Å². The molecule has 1 aromatic carbocycles. The van der Waals surface area contributed by atoms with E-state index >= 15 is 0 Å². The summed E-state index contributed by atoms with van der Waals surface area (Å²) in [7, 11) is -2.30. The van der Waals surface area contributed by atoms with E-state index in [0.29, 0.717) is 4.47 Å². The Morgan fingerprint density at radius 3 is 2.65 bits per heavy atom. The number of benzene rings is 1. The Bertz CT molecular complexity index is 546.